The first-order valence-corrected chi connectivity index (χ1v) is 6.92. The minimum Gasteiger partial charge on any atom is -0.321 e. The summed E-state index contributed by atoms with van der Waals surface area (Å²) in [5.74, 6) is -0.189. The molecule has 0 spiro atoms. The zero-order chi connectivity index (χ0) is 15.7. The van der Waals surface area contributed by atoms with Crippen LogP contribution in [0.15, 0.2) is 0 Å². The highest BCUT2D eigenvalue weighted by atomic mass is 19.4. The van der Waals surface area contributed by atoms with Gasteiger partial charge < -0.3 is 4.90 Å². The molecule has 1 atom stereocenters. The van der Waals surface area contributed by atoms with E-state index in [4.69, 9.17) is 0 Å². The second-order valence-corrected chi connectivity index (χ2v) is 5.45. The van der Waals surface area contributed by atoms with E-state index in [1.165, 1.54) is 4.68 Å². The highest BCUT2D eigenvalue weighted by Crippen LogP contribution is 2.39. The van der Waals surface area contributed by atoms with Crippen LogP contribution in [0.1, 0.15) is 45.4 Å². The van der Waals surface area contributed by atoms with Crippen LogP contribution in [0.2, 0.25) is 0 Å². The van der Waals surface area contributed by atoms with E-state index < -0.39 is 24.2 Å². The van der Waals surface area contributed by atoms with Crippen molar-refractivity contribution in [1.82, 2.24) is 25.1 Å². The van der Waals surface area contributed by atoms with Crippen molar-refractivity contribution in [3.63, 3.8) is 0 Å². The Bertz CT molecular complexity index is 515. The normalized spacial score (nSPS) is 23.1. The Balaban J connectivity index is 2.31. The Hall–Kier alpha value is -1.67. The van der Waals surface area contributed by atoms with Crippen LogP contribution in [0, 0.1) is 0 Å². The number of alkyl halides is 3. The number of aryl methyl sites for hydroxylation is 1. The fourth-order valence-electron chi connectivity index (χ4n) is 2.62. The lowest BCUT2D eigenvalue weighted by Gasteiger charge is -2.34. The molecule has 9 heteroatoms. The van der Waals surface area contributed by atoms with Crippen LogP contribution in [0.3, 0.4) is 0 Å². The maximum Gasteiger partial charge on any atom is 0.406 e. The van der Waals surface area contributed by atoms with Gasteiger partial charge in [-0.2, -0.15) is 13.2 Å². The molecule has 1 saturated heterocycles. The van der Waals surface area contributed by atoms with Crippen LogP contribution in [0.25, 0.3) is 0 Å². The van der Waals surface area contributed by atoms with E-state index in [0.717, 1.165) is 17.7 Å². The van der Waals surface area contributed by atoms with Crippen LogP contribution < -0.4 is 0 Å². The molecule has 1 aliphatic rings. The van der Waals surface area contributed by atoms with Gasteiger partial charge in [-0.15, -0.1) is 5.10 Å². The van der Waals surface area contributed by atoms with E-state index in [9.17, 15) is 18.0 Å². The number of hydrogen-bond acceptors (Lipinski definition) is 4. The topological polar surface area (TPSA) is 63.9 Å². The molecule has 0 N–H and O–H groups in total. The van der Waals surface area contributed by atoms with Gasteiger partial charge in [0.1, 0.15) is 12.1 Å². The molecule has 6 nitrogen and oxygen atoms in total. The standard InChI is InChI=1S/C12H18F3N5O/c1-3-4-7-20-10(16-17-18-20)11(2)6-5-9(21)19(11)8-12(13,14)15/h3-8H2,1-2H3. The number of rotatable bonds is 5. The highest BCUT2D eigenvalue weighted by molar-refractivity contribution is 5.79. The van der Waals surface area contributed by atoms with Gasteiger partial charge in [0.2, 0.25) is 5.91 Å². The fraction of sp³-hybridized carbons (Fsp3) is 0.833. The number of aromatic nitrogens is 4. The Morgan fingerprint density at radius 2 is 2.10 bits per heavy atom. The van der Waals surface area contributed by atoms with Gasteiger partial charge in [-0.3, -0.25) is 4.79 Å². The van der Waals surface area contributed by atoms with Crippen molar-refractivity contribution in [3.8, 4) is 0 Å². The molecule has 0 bridgehead atoms. The van der Waals surface area contributed by atoms with Crippen molar-refractivity contribution in [3.05, 3.63) is 5.82 Å². The monoisotopic (exact) mass is 305 g/mol. The molecule has 118 valence electrons. The summed E-state index contributed by atoms with van der Waals surface area (Å²) < 4.78 is 39.7. The van der Waals surface area contributed by atoms with Crippen LogP contribution in [-0.2, 0) is 16.9 Å². The van der Waals surface area contributed by atoms with Gasteiger partial charge in [-0.05, 0) is 30.2 Å². The van der Waals surface area contributed by atoms with Gasteiger partial charge in [-0.25, -0.2) is 4.68 Å². The summed E-state index contributed by atoms with van der Waals surface area (Å²) in [6.45, 7) is 2.85. The van der Waals surface area contributed by atoms with Crippen molar-refractivity contribution < 1.29 is 18.0 Å². The quantitative estimate of drug-likeness (QED) is 0.833. The largest absolute Gasteiger partial charge is 0.406 e. The number of unbranched alkanes of at least 4 members (excludes halogenated alkanes) is 1. The smallest absolute Gasteiger partial charge is 0.321 e. The van der Waals surface area contributed by atoms with Crippen molar-refractivity contribution in [2.24, 2.45) is 0 Å². The van der Waals surface area contributed by atoms with Crippen LogP contribution in [0.5, 0.6) is 0 Å². The zero-order valence-electron chi connectivity index (χ0n) is 12.0. The average molecular weight is 305 g/mol. The molecule has 0 aliphatic carbocycles. The molecule has 1 amide bonds. The summed E-state index contributed by atoms with van der Waals surface area (Å²) in [4.78, 5) is 12.7. The lowest BCUT2D eigenvalue weighted by molar-refractivity contribution is -0.167. The molecule has 1 fully saturated rings. The second kappa shape index (κ2) is 5.61. The maximum atomic E-state index is 12.7. The van der Waals surface area contributed by atoms with E-state index in [2.05, 4.69) is 15.5 Å². The SMILES string of the molecule is CCCCn1nnnc1C1(C)CCC(=O)N1CC(F)(F)F. The van der Waals surface area contributed by atoms with Gasteiger partial charge >= 0.3 is 6.18 Å². The predicted octanol–water partition coefficient (Wildman–Crippen LogP) is 1.87. The van der Waals surface area contributed by atoms with Gasteiger partial charge in [-0.1, -0.05) is 13.3 Å². The lowest BCUT2D eigenvalue weighted by atomic mass is 9.97. The van der Waals surface area contributed by atoms with Crippen molar-refractivity contribution in [2.45, 2.75) is 57.8 Å². The first-order valence-electron chi connectivity index (χ1n) is 6.92. The average Bonchev–Trinajstić information content (AvgIpc) is 2.96. The molecule has 2 heterocycles. The van der Waals surface area contributed by atoms with Crippen molar-refractivity contribution in [2.75, 3.05) is 6.54 Å². The Labute approximate surface area is 120 Å². The minimum atomic E-state index is -4.44. The molecule has 1 aromatic rings. The minimum absolute atomic E-state index is 0.0766. The zero-order valence-corrected chi connectivity index (χ0v) is 12.0. The van der Waals surface area contributed by atoms with Crippen molar-refractivity contribution in [1.29, 1.82) is 0 Å². The number of nitrogens with zero attached hydrogens (tertiary/aromatic N) is 5. The summed E-state index contributed by atoms with van der Waals surface area (Å²) in [6, 6.07) is 0. The van der Waals surface area contributed by atoms with Crippen LogP contribution in [0.4, 0.5) is 13.2 Å². The summed E-state index contributed by atoms with van der Waals surface area (Å²) in [7, 11) is 0. The van der Waals surface area contributed by atoms with Gasteiger partial charge in [0, 0.05) is 13.0 Å². The summed E-state index contributed by atoms with van der Waals surface area (Å²) >= 11 is 0. The van der Waals surface area contributed by atoms with Gasteiger partial charge in [0.05, 0.1) is 0 Å². The number of tetrazole rings is 1. The Kier molecular flexibility index (Phi) is 4.20. The number of amides is 1. The lowest BCUT2D eigenvalue weighted by Crippen LogP contribution is -2.47. The third-order valence-corrected chi connectivity index (χ3v) is 3.80. The number of carbonyl (C=O) groups is 1. The third-order valence-electron chi connectivity index (χ3n) is 3.80. The van der Waals surface area contributed by atoms with Crippen LogP contribution >= 0.6 is 0 Å². The number of hydrogen-bond donors (Lipinski definition) is 0. The summed E-state index contributed by atoms with van der Waals surface area (Å²) in [6.07, 6.45) is -2.34. The summed E-state index contributed by atoms with van der Waals surface area (Å²) in [5, 5.41) is 11.3. The molecular formula is C12H18F3N5O. The first kappa shape index (κ1) is 15.7. The van der Waals surface area contributed by atoms with Crippen molar-refractivity contribution >= 4 is 5.91 Å². The maximum absolute atomic E-state index is 12.7. The molecule has 1 unspecified atom stereocenters. The molecular weight excluding hydrogens is 287 g/mol. The van der Waals surface area contributed by atoms with E-state index in [1.807, 2.05) is 6.92 Å². The summed E-state index contributed by atoms with van der Waals surface area (Å²) in [5.41, 5.74) is -1.11. The Morgan fingerprint density at radius 1 is 1.38 bits per heavy atom. The fourth-order valence-corrected chi connectivity index (χ4v) is 2.62. The molecule has 1 aliphatic heterocycles. The molecule has 1 aromatic heterocycles. The van der Waals surface area contributed by atoms with Gasteiger partial charge in [0.15, 0.2) is 5.82 Å². The highest BCUT2D eigenvalue weighted by Gasteiger charge is 2.50. The predicted molar refractivity (Wildman–Crippen MR) is 67.1 cm³/mol. The van der Waals surface area contributed by atoms with E-state index in [-0.39, 0.29) is 12.8 Å². The molecule has 0 saturated carbocycles. The van der Waals surface area contributed by atoms with E-state index in [0.29, 0.717) is 12.4 Å². The molecule has 0 aromatic carbocycles. The van der Waals surface area contributed by atoms with Gasteiger partial charge in [0.25, 0.3) is 0 Å². The first-order chi connectivity index (χ1) is 9.78. The van der Waals surface area contributed by atoms with Crippen LogP contribution in [-0.4, -0.2) is 43.7 Å². The molecule has 21 heavy (non-hydrogen) atoms. The second-order valence-electron chi connectivity index (χ2n) is 5.45. The van der Waals surface area contributed by atoms with E-state index >= 15 is 0 Å². The third kappa shape index (κ3) is 3.16. The number of carbonyl (C=O) groups excluding carboxylic acids is 1. The Morgan fingerprint density at radius 3 is 2.71 bits per heavy atom. The van der Waals surface area contributed by atoms with E-state index in [1.54, 1.807) is 6.92 Å². The molecule has 2 rings (SSSR count). The number of likely N-dealkylation sites (tertiary alicyclic amines) is 1. The molecule has 0 radical (unpaired) electrons. The number of halogens is 3.